The molecule has 0 unspecified atom stereocenters. The van der Waals surface area contributed by atoms with Gasteiger partial charge in [-0.25, -0.2) is 0 Å². The average molecular weight is 289 g/mol. The van der Waals surface area contributed by atoms with Gasteiger partial charge in [0.05, 0.1) is 11.4 Å². The minimum absolute atomic E-state index is 0.130. The van der Waals surface area contributed by atoms with Gasteiger partial charge in [0, 0.05) is 10.8 Å². The number of nitrogens with two attached hydrogens (primary N) is 3. The van der Waals surface area contributed by atoms with E-state index in [2.05, 4.69) is 6.07 Å². The molecule has 0 aromatic heterocycles. The van der Waals surface area contributed by atoms with Crippen LogP contribution in [-0.2, 0) is 0 Å². The van der Waals surface area contributed by atoms with Crippen LogP contribution in [0.15, 0.2) is 48.5 Å². The maximum Gasteiger partial charge on any atom is 0.164 e. The van der Waals surface area contributed by atoms with Crippen LogP contribution in [0.2, 0.25) is 0 Å². The second-order valence-corrected chi connectivity index (χ2v) is 5.43. The van der Waals surface area contributed by atoms with E-state index in [9.17, 15) is 5.11 Å². The van der Waals surface area contributed by atoms with Crippen molar-refractivity contribution in [1.29, 1.82) is 0 Å². The highest BCUT2D eigenvalue weighted by molar-refractivity contribution is 6.32. The molecule has 0 saturated heterocycles. The predicted molar refractivity (Wildman–Crippen MR) is 93.9 cm³/mol. The molecular weight excluding hydrogens is 274 g/mol. The number of hydrogen-bond acceptors (Lipinski definition) is 4. The van der Waals surface area contributed by atoms with Crippen LogP contribution in [0.3, 0.4) is 0 Å². The first-order valence-corrected chi connectivity index (χ1v) is 6.99. The zero-order valence-corrected chi connectivity index (χ0v) is 11.8. The average Bonchev–Trinajstić information content (AvgIpc) is 2.57. The third-order valence-electron chi connectivity index (χ3n) is 4.27. The minimum Gasteiger partial charge on any atom is -0.504 e. The smallest absolute Gasteiger partial charge is 0.164 e. The van der Waals surface area contributed by atoms with Crippen LogP contribution in [0.4, 0.5) is 17.1 Å². The van der Waals surface area contributed by atoms with Gasteiger partial charge < -0.3 is 22.3 Å². The number of aromatic hydroxyl groups is 1. The van der Waals surface area contributed by atoms with Gasteiger partial charge in [-0.3, -0.25) is 0 Å². The molecule has 0 aliphatic carbocycles. The van der Waals surface area contributed by atoms with Crippen molar-refractivity contribution >= 4 is 49.4 Å². The Labute approximate surface area is 126 Å². The van der Waals surface area contributed by atoms with Gasteiger partial charge in [0.2, 0.25) is 0 Å². The molecular formula is C18H15N3O. The van der Waals surface area contributed by atoms with Crippen LogP contribution in [-0.4, -0.2) is 5.11 Å². The summed E-state index contributed by atoms with van der Waals surface area (Å²) in [5, 5.41) is 15.8. The molecule has 0 atom stereocenters. The van der Waals surface area contributed by atoms with E-state index in [1.165, 1.54) is 0 Å². The second kappa shape index (κ2) is 4.18. The van der Waals surface area contributed by atoms with E-state index in [0.29, 0.717) is 5.69 Å². The summed E-state index contributed by atoms with van der Waals surface area (Å²) in [6.45, 7) is 0. The SMILES string of the molecule is Nc1c(O)c(N)c2c3ccccc3c3ccccc3c2c1N. The Hall–Kier alpha value is -3.14. The number of hydrogen-bond donors (Lipinski definition) is 4. The Kier molecular flexibility index (Phi) is 2.39. The van der Waals surface area contributed by atoms with Crippen molar-refractivity contribution in [1.82, 2.24) is 0 Å². The molecule has 4 nitrogen and oxygen atoms in total. The van der Waals surface area contributed by atoms with E-state index in [1.54, 1.807) is 0 Å². The van der Waals surface area contributed by atoms with Gasteiger partial charge in [-0.2, -0.15) is 0 Å². The topological polar surface area (TPSA) is 98.3 Å². The lowest BCUT2D eigenvalue weighted by Gasteiger charge is -2.16. The molecule has 0 aliphatic heterocycles. The summed E-state index contributed by atoms with van der Waals surface area (Å²) in [5.41, 5.74) is 19.1. The molecule has 0 bridgehead atoms. The van der Waals surface area contributed by atoms with Crippen LogP contribution >= 0.6 is 0 Å². The lowest BCUT2D eigenvalue weighted by Crippen LogP contribution is -2.01. The highest BCUT2D eigenvalue weighted by Crippen LogP contribution is 2.47. The Morgan fingerprint density at radius 2 is 0.955 bits per heavy atom. The first-order chi connectivity index (χ1) is 10.6. The van der Waals surface area contributed by atoms with E-state index < -0.39 is 0 Å². The van der Waals surface area contributed by atoms with E-state index in [-0.39, 0.29) is 17.1 Å². The molecule has 0 aliphatic rings. The summed E-state index contributed by atoms with van der Waals surface area (Å²) < 4.78 is 0. The molecule has 0 spiro atoms. The highest BCUT2D eigenvalue weighted by Gasteiger charge is 2.18. The Morgan fingerprint density at radius 1 is 0.545 bits per heavy atom. The van der Waals surface area contributed by atoms with Crippen molar-refractivity contribution in [3.8, 4) is 5.75 Å². The van der Waals surface area contributed by atoms with Crippen molar-refractivity contribution in [3.63, 3.8) is 0 Å². The largest absolute Gasteiger partial charge is 0.504 e. The van der Waals surface area contributed by atoms with E-state index in [1.807, 2.05) is 42.5 Å². The number of benzene rings is 4. The summed E-state index contributed by atoms with van der Waals surface area (Å²) in [6, 6.07) is 15.9. The van der Waals surface area contributed by atoms with E-state index in [0.717, 1.165) is 32.3 Å². The second-order valence-electron chi connectivity index (χ2n) is 5.43. The number of phenolic OH excluding ortho intramolecular Hbond substituents is 1. The van der Waals surface area contributed by atoms with Crippen molar-refractivity contribution in [2.24, 2.45) is 0 Å². The fourth-order valence-corrected chi connectivity index (χ4v) is 3.23. The number of anilines is 3. The minimum atomic E-state index is -0.148. The standard InChI is InChI=1S/C18H15N3O/c19-15-13-11-7-3-1-5-9(11)10-6-2-4-8-12(10)14(13)16(20)18(22)17(15)21/h1-8,22H,19-21H2. The van der Waals surface area contributed by atoms with Crippen LogP contribution in [0.1, 0.15) is 0 Å². The lowest BCUT2D eigenvalue weighted by molar-refractivity contribution is 0.481. The van der Waals surface area contributed by atoms with Crippen molar-refractivity contribution < 1.29 is 5.11 Å². The Bertz CT molecular complexity index is 984. The molecule has 0 saturated carbocycles. The molecule has 0 radical (unpaired) electrons. The summed E-state index contributed by atoms with van der Waals surface area (Å²) in [5.74, 6) is -0.148. The van der Waals surface area contributed by atoms with Gasteiger partial charge in [0.1, 0.15) is 5.69 Å². The first kappa shape index (κ1) is 12.6. The highest BCUT2D eigenvalue weighted by atomic mass is 16.3. The van der Waals surface area contributed by atoms with Gasteiger partial charge in [0.25, 0.3) is 0 Å². The molecule has 0 heterocycles. The van der Waals surface area contributed by atoms with E-state index in [4.69, 9.17) is 17.2 Å². The normalized spacial score (nSPS) is 11.5. The zero-order valence-electron chi connectivity index (χ0n) is 11.8. The summed E-state index contributed by atoms with van der Waals surface area (Å²) >= 11 is 0. The Morgan fingerprint density at radius 3 is 1.45 bits per heavy atom. The van der Waals surface area contributed by atoms with Gasteiger partial charge in [-0.05, 0) is 21.5 Å². The van der Waals surface area contributed by atoms with Crippen LogP contribution in [0.25, 0.3) is 32.3 Å². The summed E-state index contributed by atoms with van der Waals surface area (Å²) in [7, 11) is 0. The first-order valence-electron chi connectivity index (χ1n) is 6.99. The maximum atomic E-state index is 10.2. The number of phenols is 1. The van der Waals surface area contributed by atoms with Crippen LogP contribution in [0.5, 0.6) is 5.75 Å². The van der Waals surface area contributed by atoms with Gasteiger partial charge in [-0.1, -0.05) is 48.5 Å². The van der Waals surface area contributed by atoms with Crippen molar-refractivity contribution in [2.75, 3.05) is 17.2 Å². The molecule has 4 rings (SSSR count). The van der Waals surface area contributed by atoms with Gasteiger partial charge in [-0.15, -0.1) is 0 Å². The van der Waals surface area contributed by atoms with Gasteiger partial charge in [0.15, 0.2) is 5.75 Å². The fourth-order valence-electron chi connectivity index (χ4n) is 3.23. The van der Waals surface area contributed by atoms with Crippen LogP contribution < -0.4 is 17.2 Å². The van der Waals surface area contributed by atoms with Crippen LogP contribution in [0, 0.1) is 0 Å². The number of nitrogen functional groups attached to an aromatic ring is 3. The number of rotatable bonds is 0. The van der Waals surface area contributed by atoms with Gasteiger partial charge >= 0.3 is 0 Å². The maximum absolute atomic E-state index is 10.2. The fraction of sp³-hybridized carbons (Fsp3) is 0. The molecule has 22 heavy (non-hydrogen) atoms. The molecule has 0 amide bonds. The van der Waals surface area contributed by atoms with Crippen molar-refractivity contribution in [3.05, 3.63) is 48.5 Å². The predicted octanol–water partition coefficient (Wildman–Crippen LogP) is 3.60. The van der Waals surface area contributed by atoms with Crippen molar-refractivity contribution in [2.45, 2.75) is 0 Å². The molecule has 4 heteroatoms. The third-order valence-corrected chi connectivity index (χ3v) is 4.27. The summed E-state index contributed by atoms with van der Waals surface area (Å²) in [4.78, 5) is 0. The third kappa shape index (κ3) is 1.41. The zero-order chi connectivity index (χ0) is 15.4. The molecule has 108 valence electrons. The van der Waals surface area contributed by atoms with E-state index >= 15 is 0 Å². The molecule has 7 N–H and O–H groups in total. The molecule has 0 fully saturated rings. The monoisotopic (exact) mass is 289 g/mol. The molecule has 4 aromatic rings. The quantitative estimate of drug-likeness (QED) is 0.226. The lowest BCUT2D eigenvalue weighted by atomic mass is 9.91. The summed E-state index contributed by atoms with van der Waals surface area (Å²) in [6.07, 6.45) is 0. The Balaban J connectivity index is 2.50. The molecule has 4 aromatic carbocycles. The number of fused-ring (bicyclic) bond motifs is 6.